The van der Waals surface area contributed by atoms with Crippen molar-refractivity contribution in [2.24, 2.45) is 5.92 Å². The van der Waals surface area contributed by atoms with Gasteiger partial charge in [0.2, 0.25) is 12.0 Å². The quantitative estimate of drug-likeness (QED) is 0.729. The number of nitrogens with zero attached hydrogens (tertiary/aromatic N) is 1. The lowest BCUT2D eigenvalue weighted by molar-refractivity contribution is -0.159. The molecule has 2 atom stereocenters. The van der Waals surface area contributed by atoms with Gasteiger partial charge >= 0.3 is 12.0 Å². The van der Waals surface area contributed by atoms with Crippen LogP contribution in [0.25, 0.3) is 0 Å². The van der Waals surface area contributed by atoms with Crippen molar-refractivity contribution in [3.63, 3.8) is 0 Å². The molecular weight excluding hydrogens is 393 g/mol. The highest BCUT2D eigenvalue weighted by Crippen LogP contribution is 2.29. The summed E-state index contributed by atoms with van der Waals surface area (Å²) in [6.07, 6.45) is -1.56. The lowest BCUT2D eigenvalue weighted by atomic mass is 10.1. The molecule has 0 unspecified atom stereocenters. The number of para-hydroxylation sites is 1. The maximum absolute atomic E-state index is 14.0. The molecule has 1 aliphatic rings. The first-order chi connectivity index (χ1) is 14.4. The first-order valence-corrected chi connectivity index (χ1v) is 9.23. The van der Waals surface area contributed by atoms with Gasteiger partial charge in [-0.3, -0.25) is 19.7 Å². The second-order valence-corrected chi connectivity index (χ2v) is 6.65. The normalized spacial score (nSPS) is 16.7. The standard InChI is InChI=1S/C21H20FN3O5/c1-23-21(29)24-19(27)18(13-7-3-2-4-8-13)30-20(28)14-11-17(26)25(12-14)16-10-6-5-9-15(16)22/h2-10,14,18H,11-12H2,1H3,(H2,23,24,27,29)/t14-,18-/m1/s1. The van der Waals surface area contributed by atoms with Crippen LogP contribution in [0.15, 0.2) is 54.6 Å². The summed E-state index contributed by atoms with van der Waals surface area (Å²) in [6, 6.07) is 13.2. The fourth-order valence-electron chi connectivity index (χ4n) is 3.12. The lowest BCUT2D eigenvalue weighted by Gasteiger charge is -2.20. The van der Waals surface area contributed by atoms with Gasteiger partial charge in [0.15, 0.2) is 0 Å². The predicted octanol–water partition coefficient (Wildman–Crippen LogP) is 1.92. The van der Waals surface area contributed by atoms with Crippen LogP contribution in [0.2, 0.25) is 0 Å². The Morgan fingerprint density at radius 1 is 1.10 bits per heavy atom. The number of hydrogen-bond acceptors (Lipinski definition) is 5. The molecule has 2 aromatic carbocycles. The minimum absolute atomic E-state index is 0.0722. The van der Waals surface area contributed by atoms with E-state index in [9.17, 15) is 23.6 Å². The van der Waals surface area contributed by atoms with Crippen LogP contribution in [0, 0.1) is 11.7 Å². The summed E-state index contributed by atoms with van der Waals surface area (Å²) in [7, 11) is 1.34. The largest absolute Gasteiger partial charge is 0.447 e. The molecule has 30 heavy (non-hydrogen) atoms. The molecule has 8 nitrogen and oxygen atoms in total. The molecule has 3 rings (SSSR count). The van der Waals surface area contributed by atoms with Gasteiger partial charge in [-0.2, -0.15) is 0 Å². The van der Waals surface area contributed by atoms with Gasteiger partial charge in [0.05, 0.1) is 11.6 Å². The average molecular weight is 413 g/mol. The number of benzene rings is 2. The lowest BCUT2D eigenvalue weighted by Crippen LogP contribution is -2.41. The molecular formula is C21H20FN3O5. The van der Waals surface area contributed by atoms with Crippen molar-refractivity contribution < 1.29 is 28.3 Å². The van der Waals surface area contributed by atoms with Crippen molar-refractivity contribution in [3.05, 3.63) is 66.0 Å². The zero-order chi connectivity index (χ0) is 21.7. The van der Waals surface area contributed by atoms with E-state index in [2.05, 4.69) is 10.6 Å². The maximum Gasteiger partial charge on any atom is 0.321 e. The summed E-state index contributed by atoms with van der Waals surface area (Å²) in [6.45, 7) is -0.0722. The molecule has 0 radical (unpaired) electrons. The third-order valence-corrected chi connectivity index (χ3v) is 4.64. The molecule has 0 bridgehead atoms. The van der Waals surface area contributed by atoms with Crippen LogP contribution in [0.1, 0.15) is 18.1 Å². The first kappa shape index (κ1) is 21.0. The second kappa shape index (κ2) is 9.17. The number of hydrogen-bond donors (Lipinski definition) is 2. The number of imide groups is 1. The summed E-state index contributed by atoms with van der Waals surface area (Å²) < 4.78 is 19.4. The van der Waals surface area contributed by atoms with Crippen LogP contribution in [0.5, 0.6) is 0 Å². The monoisotopic (exact) mass is 413 g/mol. The Kier molecular flexibility index (Phi) is 6.41. The third kappa shape index (κ3) is 4.62. The predicted molar refractivity (Wildman–Crippen MR) is 105 cm³/mol. The number of carbonyl (C=O) groups excluding carboxylic acids is 4. The number of ether oxygens (including phenoxy) is 1. The number of nitrogens with one attached hydrogen (secondary N) is 2. The molecule has 0 aliphatic carbocycles. The highest BCUT2D eigenvalue weighted by atomic mass is 19.1. The maximum atomic E-state index is 14.0. The Balaban J connectivity index is 1.76. The van der Waals surface area contributed by atoms with E-state index >= 15 is 0 Å². The molecule has 0 aromatic heterocycles. The number of rotatable bonds is 5. The molecule has 9 heteroatoms. The number of amides is 4. The van der Waals surface area contributed by atoms with E-state index in [0.29, 0.717) is 5.56 Å². The van der Waals surface area contributed by atoms with Crippen molar-refractivity contribution >= 4 is 29.5 Å². The smallest absolute Gasteiger partial charge is 0.321 e. The van der Waals surface area contributed by atoms with Gasteiger partial charge in [0.1, 0.15) is 5.82 Å². The van der Waals surface area contributed by atoms with Crippen molar-refractivity contribution in [1.82, 2.24) is 10.6 Å². The van der Waals surface area contributed by atoms with E-state index in [-0.39, 0.29) is 18.7 Å². The molecule has 1 fully saturated rings. The fraction of sp³-hybridized carbons (Fsp3) is 0.238. The van der Waals surface area contributed by atoms with Crippen molar-refractivity contribution in [3.8, 4) is 0 Å². The van der Waals surface area contributed by atoms with Crippen molar-refractivity contribution in [2.45, 2.75) is 12.5 Å². The van der Waals surface area contributed by atoms with E-state index < -0.39 is 41.7 Å². The molecule has 2 aromatic rings. The second-order valence-electron chi connectivity index (χ2n) is 6.65. The van der Waals surface area contributed by atoms with E-state index in [1.807, 2.05) is 0 Å². The Hall–Kier alpha value is -3.75. The Morgan fingerprint density at radius 3 is 2.43 bits per heavy atom. The highest BCUT2D eigenvalue weighted by Gasteiger charge is 2.39. The third-order valence-electron chi connectivity index (χ3n) is 4.64. The number of anilines is 1. The van der Waals surface area contributed by atoms with Gasteiger partial charge in [0, 0.05) is 25.6 Å². The van der Waals surface area contributed by atoms with Crippen LogP contribution in [-0.4, -0.2) is 37.4 Å². The summed E-state index contributed by atoms with van der Waals surface area (Å²) in [5.74, 6) is -3.50. The van der Waals surface area contributed by atoms with Crippen LogP contribution in [0.4, 0.5) is 14.9 Å². The van der Waals surface area contributed by atoms with Gasteiger partial charge in [-0.25, -0.2) is 9.18 Å². The minimum atomic E-state index is -1.38. The van der Waals surface area contributed by atoms with E-state index in [0.717, 1.165) is 0 Å². The number of esters is 1. The Bertz CT molecular complexity index is 966. The van der Waals surface area contributed by atoms with Crippen LogP contribution in [-0.2, 0) is 19.1 Å². The van der Waals surface area contributed by atoms with Crippen LogP contribution in [0.3, 0.4) is 0 Å². The molecule has 1 saturated heterocycles. The zero-order valence-electron chi connectivity index (χ0n) is 16.1. The van der Waals surface area contributed by atoms with Crippen LogP contribution < -0.4 is 15.5 Å². The molecule has 0 spiro atoms. The number of halogens is 1. The first-order valence-electron chi connectivity index (χ1n) is 9.23. The summed E-state index contributed by atoms with van der Waals surface area (Å²) in [4.78, 5) is 50.2. The van der Waals surface area contributed by atoms with E-state index in [1.165, 1.54) is 30.1 Å². The Morgan fingerprint density at radius 2 is 1.77 bits per heavy atom. The van der Waals surface area contributed by atoms with E-state index in [4.69, 9.17) is 4.74 Å². The van der Waals surface area contributed by atoms with Gasteiger partial charge in [-0.05, 0) is 12.1 Å². The van der Waals surface area contributed by atoms with Crippen molar-refractivity contribution in [1.29, 1.82) is 0 Å². The molecule has 1 aliphatic heterocycles. The summed E-state index contributed by atoms with van der Waals surface area (Å²) in [5, 5.41) is 4.33. The van der Waals surface area contributed by atoms with Gasteiger partial charge in [0.25, 0.3) is 5.91 Å². The highest BCUT2D eigenvalue weighted by molar-refractivity contribution is 6.01. The average Bonchev–Trinajstić information content (AvgIpc) is 3.14. The molecule has 4 amide bonds. The molecule has 1 heterocycles. The van der Waals surface area contributed by atoms with Gasteiger partial charge in [-0.1, -0.05) is 42.5 Å². The number of urea groups is 1. The SMILES string of the molecule is CNC(=O)NC(=O)[C@H](OC(=O)[C@@H]1CC(=O)N(c2ccccc2F)C1)c1ccccc1. The van der Waals surface area contributed by atoms with Gasteiger partial charge in [-0.15, -0.1) is 0 Å². The van der Waals surface area contributed by atoms with Crippen molar-refractivity contribution in [2.75, 3.05) is 18.5 Å². The molecule has 2 N–H and O–H groups in total. The van der Waals surface area contributed by atoms with E-state index in [1.54, 1.807) is 36.4 Å². The summed E-state index contributed by atoms with van der Waals surface area (Å²) in [5.41, 5.74) is 0.442. The van der Waals surface area contributed by atoms with Gasteiger partial charge < -0.3 is 15.0 Å². The topological polar surface area (TPSA) is 105 Å². The fourth-order valence-corrected chi connectivity index (χ4v) is 3.12. The minimum Gasteiger partial charge on any atom is -0.447 e. The van der Waals surface area contributed by atoms with Crippen LogP contribution >= 0.6 is 0 Å². The Labute approximate surface area is 172 Å². The number of carbonyl (C=O) groups is 4. The molecule has 156 valence electrons. The zero-order valence-corrected chi connectivity index (χ0v) is 16.1. The molecule has 0 saturated carbocycles. The summed E-state index contributed by atoms with van der Waals surface area (Å²) >= 11 is 0.